The van der Waals surface area contributed by atoms with Crippen LogP contribution < -0.4 is 10.6 Å². The molecular weight excluding hydrogens is 458 g/mol. The highest BCUT2D eigenvalue weighted by molar-refractivity contribution is 7.98. The highest BCUT2D eigenvalue weighted by Gasteiger charge is 2.14. The number of rotatable bonds is 8. The Hall–Kier alpha value is -2.94. The summed E-state index contributed by atoms with van der Waals surface area (Å²) in [6.07, 6.45) is 0. The van der Waals surface area contributed by atoms with Gasteiger partial charge in [0.25, 0.3) is 5.91 Å². The summed E-state index contributed by atoms with van der Waals surface area (Å²) in [4.78, 5) is 29.5. The van der Waals surface area contributed by atoms with Gasteiger partial charge in [-0.2, -0.15) is 11.3 Å². The first-order valence-corrected chi connectivity index (χ1v) is 12.7. The van der Waals surface area contributed by atoms with Crippen LogP contribution in [0.5, 0.6) is 0 Å². The van der Waals surface area contributed by atoms with Crippen molar-refractivity contribution in [1.82, 2.24) is 10.3 Å². The first-order valence-electron chi connectivity index (χ1n) is 9.92. The third kappa shape index (κ3) is 5.85. The van der Waals surface area contributed by atoms with Gasteiger partial charge in [-0.1, -0.05) is 36.4 Å². The van der Waals surface area contributed by atoms with Crippen molar-refractivity contribution < 1.29 is 9.59 Å². The fraction of sp³-hybridized carbons (Fsp3) is 0.125. The predicted octanol–water partition coefficient (Wildman–Crippen LogP) is 6.05. The maximum Gasteiger partial charge on any atom is 0.258 e. The van der Waals surface area contributed by atoms with Crippen LogP contribution in [0.4, 0.5) is 5.13 Å². The van der Waals surface area contributed by atoms with Gasteiger partial charge in [0.15, 0.2) is 5.13 Å². The third-order valence-corrected chi connectivity index (χ3v) is 7.26. The zero-order chi connectivity index (χ0) is 22.3. The molecule has 0 saturated heterocycles. The van der Waals surface area contributed by atoms with Gasteiger partial charge in [-0.05, 0) is 40.1 Å². The van der Waals surface area contributed by atoms with Crippen LogP contribution in [-0.4, -0.2) is 16.8 Å². The standard InChI is InChI=1S/C24H21N3O2S3/c1-16(28)25-12-17-6-8-19(9-7-17)21-15-32-24(26-21)27-23(29)20-4-2-3-5-22(20)31-14-18-10-11-30-13-18/h2-11,13,15H,12,14H2,1H3,(H,25,28)(H,26,27,29). The van der Waals surface area contributed by atoms with Crippen molar-refractivity contribution in [3.05, 3.63) is 87.4 Å². The number of thiazole rings is 1. The fourth-order valence-electron chi connectivity index (χ4n) is 2.96. The summed E-state index contributed by atoms with van der Waals surface area (Å²) in [7, 11) is 0. The van der Waals surface area contributed by atoms with Gasteiger partial charge in [0.2, 0.25) is 5.91 Å². The smallest absolute Gasteiger partial charge is 0.258 e. The largest absolute Gasteiger partial charge is 0.352 e. The van der Waals surface area contributed by atoms with Crippen LogP contribution in [0.1, 0.15) is 28.4 Å². The summed E-state index contributed by atoms with van der Waals surface area (Å²) in [5.41, 5.74) is 4.68. The molecule has 2 aromatic carbocycles. The minimum atomic E-state index is -0.162. The first-order chi connectivity index (χ1) is 15.6. The monoisotopic (exact) mass is 479 g/mol. The van der Waals surface area contributed by atoms with E-state index in [0.717, 1.165) is 27.5 Å². The number of nitrogens with one attached hydrogen (secondary N) is 2. The lowest BCUT2D eigenvalue weighted by Gasteiger charge is -2.08. The minimum absolute atomic E-state index is 0.0552. The Balaban J connectivity index is 1.41. The SMILES string of the molecule is CC(=O)NCc1ccc(-c2csc(NC(=O)c3ccccc3SCc3ccsc3)n2)cc1. The molecule has 0 spiro atoms. The van der Waals surface area contributed by atoms with Gasteiger partial charge < -0.3 is 5.32 Å². The average Bonchev–Trinajstić information content (AvgIpc) is 3.49. The molecule has 5 nitrogen and oxygen atoms in total. The molecule has 32 heavy (non-hydrogen) atoms. The number of carbonyl (C=O) groups is 2. The van der Waals surface area contributed by atoms with Crippen molar-refractivity contribution in [3.8, 4) is 11.3 Å². The molecule has 0 unspecified atom stereocenters. The van der Waals surface area contributed by atoms with Gasteiger partial charge in [-0.3, -0.25) is 14.9 Å². The summed E-state index contributed by atoms with van der Waals surface area (Å²) < 4.78 is 0. The van der Waals surface area contributed by atoms with Crippen LogP contribution >= 0.6 is 34.4 Å². The van der Waals surface area contributed by atoms with Crippen molar-refractivity contribution in [2.45, 2.75) is 24.1 Å². The maximum absolute atomic E-state index is 12.9. The number of amides is 2. The molecule has 2 amide bonds. The molecule has 4 aromatic rings. The van der Waals surface area contributed by atoms with E-state index < -0.39 is 0 Å². The molecule has 162 valence electrons. The molecule has 4 rings (SSSR count). The normalized spacial score (nSPS) is 10.7. The second-order valence-electron chi connectivity index (χ2n) is 7.02. The molecule has 0 atom stereocenters. The highest BCUT2D eigenvalue weighted by atomic mass is 32.2. The number of hydrogen-bond acceptors (Lipinski definition) is 6. The Bertz CT molecular complexity index is 1200. The Morgan fingerprint density at radius 3 is 2.56 bits per heavy atom. The predicted molar refractivity (Wildman–Crippen MR) is 133 cm³/mol. The van der Waals surface area contributed by atoms with Crippen LogP contribution in [0.2, 0.25) is 0 Å². The quantitative estimate of drug-likeness (QED) is 0.302. The van der Waals surface area contributed by atoms with E-state index in [-0.39, 0.29) is 11.8 Å². The molecule has 0 radical (unpaired) electrons. The number of nitrogens with zero attached hydrogens (tertiary/aromatic N) is 1. The van der Waals surface area contributed by atoms with Gasteiger partial charge in [-0.15, -0.1) is 23.1 Å². The second-order valence-corrected chi connectivity index (χ2v) is 9.67. The summed E-state index contributed by atoms with van der Waals surface area (Å²) in [6.45, 7) is 2.00. The molecule has 0 bridgehead atoms. The first kappa shape index (κ1) is 22.3. The molecule has 0 saturated carbocycles. The summed E-state index contributed by atoms with van der Waals surface area (Å²) in [6, 6.07) is 17.6. The third-order valence-electron chi connectivity index (χ3n) is 4.62. The van der Waals surface area contributed by atoms with Crippen molar-refractivity contribution in [1.29, 1.82) is 0 Å². The van der Waals surface area contributed by atoms with E-state index in [1.807, 2.05) is 53.9 Å². The molecule has 8 heteroatoms. The molecule has 0 aliphatic carbocycles. The summed E-state index contributed by atoms with van der Waals surface area (Å²) >= 11 is 4.73. The van der Waals surface area contributed by atoms with Crippen LogP contribution in [-0.2, 0) is 17.1 Å². The molecule has 2 aromatic heterocycles. The zero-order valence-electron chi connectivity index (χ0n) is 17.3. The maximum atomic E-state index is 12.9. The lowest BCUT2D eigenvalue weighted by molar-refractivity contribution is -0.119. The van der Waals surface area contributed by atoms with Crippen LogP contribution in [0, 0.1) is 0 Å². The average molecular weight is 480 g/mol. The number of thiophene rings is 1. The van der Waals surface area contributed by atoms with E-state index in [2.05, 4.69) is 32.4 Å². The molecular formula is C24H21N3O2S3. The zero-order valence-corrected chi connectivity index (χ0v) is 19.8. The molecule has 0 fully saturated rings. The molecule has 0 aliphatic rings. The number of carbonyl (C=O) groups excluding carboxylic acids is 2. The lowest BCUT2D eigenvalue weighted by Crippen LogP contribution is -2.18. The van der Waals surface area contributed by atoms with Gasteiger partial charge in [0.05, 0.1) is 11.3 Å². The van der Waals surface area contributed by atoms with Gasteiger partial charge in [0, 0.05) is 35.1 Å². The second kappa shape index (κ2) is 10.6. The van der Waals surface area contributed by atoms with Gasteiger partial charge >= 0.3 is 0 Å². The topological polar surface area (TPSA) is 71.1 Å². The Morgan fingerprint density at radius 2 is 1.81 bits per heavy atom. The molecule has 2 heterocycles. The van der Waals surface area contributed by atoms with Gasteiger partial charge in [0.1, 0.15) is 0 Å². The van der Waals surface area contributed by atoms with Crippen LogP contribution in [0.15, 0.2) is 75.6 Å². The van der Waals surface area contributed by atoms with Crippen molar-refractivity contribution in [2.24, 2.45) is 0 Å². The molecule has 0 aliphatic heterocycles. The number of thioether (sulfide) groups is 1. The Kier molecular flexibility index (Phi) is 7.36. The van der Waals surface area contributed by atoms with Crippen molar-refractivity contribution in [2.75, 3.05) is 5.32 Å². The summed E-state index contributed by atoms with van der Waals surface area (Å²) in [5.74, 6) is 0.609. The fourth-order valence-corrected chi connectivity index (χ4v) is 5.45. The summed E-state index contributed by atoms with van der Waals surface area (Å²) in [5, 5.41) is 12.4. The van der Waals surface area contributed by atoms with E-state index in [1.54, 1.807) is 23.1 Å². The van der Waals surface area contributed by atoms with E-state index in [1.165, 1.54) is 23.8 Å². The van der Waals surface area contributed by atoms with E-state index in [4.69, 9.17) is 0 Å². The van der Waals surface area contributed by atoms with E-state index in [0.29, 0.717) is 17.2 Å². The minimum Gasteiger partial charge on any atom is -0.352 e. The molecule has 2 N–H and O–H groups in total. The number of hydrogen-bond donors (Lipinski definition) is 2. The van der Waals surface area contributed by atoms with Crippen LogP contribution in [0.25, 0.3) is 11.3 Å². The van der Waals surface area contributed by atoms with Crippen molar-refractivity contribution >= 4 is 51.4 Å². The van der Waals surface area contributed by atoms with E-state index in [9.17, 15) is 9.59 Å². The Morgan fingerprint density at radius 1 is 1.00 bits per heavy atom. The lowest BCUT2D eigenvalue weighted by atomic mass is 10.1. The van der Waals surface area contributed by atoms with Crippen molar-refractivity contribution in [3.63, 3.8) is 0 Å². The van der Waals surface area contributed by atoms with Crippen LogP contribution in [0.3, 0.4) is 0 Å². The number of anilines is 1. The van der Waals surface area contributed by atoms with Gasteiger partial charge in [-0.25, -0.2) is 4.98 Å². The highest BCUT2D eigenvalue weighted by Crippen LogP contribution is 2.29. The number of benzene rings is 2. The number of aromatic nitrogens is 1. The Labute approximate surface area is 198 Å². The van der Waals surface area contributed by atoms with E-state index >= 15 is 0 Å².